The predicted molar refractivity (Wildman–Crippen MR) is 69.6 cm³/mol. The zero-order chi connectivity index (χ0) is 11.8. The average molecular weight is 227 g/mol. The molecular formula is C14H29NO. The van der Waals surface area contributed by atoms with E-state index in [4.69, 9.17) is 0 Å². The summed E-state index contributed by atoms with van der Waals surface area (Å²) < 4.78 is 0. The molecule has 1 aliphatic rings. The fraction of sp³-hybridized carbons (Fsp3) is 1.00. The third kappa shape index (κ3) is 4.42. The first-order valence-electron chi connectivity index (χ1n) is 7.18. The molecule has 1 rings (SSSR count). The summed E-state index contributed by atoms with van der Waals surface area (Å²) in [6, 6.07) is 1.24. The van der Waals surface area contributed by atoms with E-state index in [1.54, 1.807) is 0 Å². The number of hydrogen-bond acceptors (Lipinski definition) is 2. The summed E-state index contributed by atoms with van der Waals surface area (Å²) in [5.74, 6) is 0.505. The quantitative estimate of drug-likeness (QED) is 0.700. The Balaban J connectivity index is 2.40. The van der Waals surface area contributed by atoms with Crippen LogP contribution in [-0.2, 0) is 0 Å². The van der Waals surface area contributed by atoms with Crippen LogP contribution in [0.1, 0.15) is 65.2 Å². The highest BCUT2D eigenvalue weighted by atomic mass is 16.3. The highest BCUT2D eigenvalue weighted by Gasteiger charge is 2.25. The van der Waals surface area contributed by atoms with Crippen molar-refractivity contribution in [3.05, 3.63) is 0 Å². The number of nitrogens with one attached hydrogen (secondary N) is 1. The molecule has 1 saturated carbocycles. The lowest BCUT2D eigenvalue weighted by molar-refractivity contribution is 0.143. The van der Waals surface area contributed by atoms with E-state index in [2.05, 4.69) is 19.2 Å². The molecule has 0 bridgehead atoms. The Morgan fingerprint density at radius 2 is 1.75 bits per heavy atom. The van der Waals surface area contributed by atoms with Gasteiger partial charge in [-0.3, -0.25) is 0 Å². The SMILES string of the molecule is CCCC(CCC)NC1CCCCC1CO. The molecule has 2 heteroatoms. The maximum absolute atomic E-state index is 9.39. The van der Waals surface area contributed by atoms with Crippen LogP contribution in [0.25, 0.3) is 0 Å². The van der Waals surface area contributed by atoms with Gasteiger partial charge in [0.25, 0.3) is 0 Å². The molecule has 2 unspecified atom stereocenters. The van der Waals surface area contributed by atoms with E-state index in [0.29, 0.717) is 24.6 Å². The number of aliphatic hydroxyl groups is 1. The fourth-order valence-corrected chi connectivity index (χ4v) is 2.96. The van der Waals surface area contributed by atoms with Crippen molar-refractivity contribution in [2.45, 2.75) is 77.3 Å². The van der Waals surface area contributed by atoms with Crippen molar-refractivity contribution in [2.24, 2.45) is 5.92 Å². The van der Waals surface area contributed by atoms with Gasteiger partial charge >= 0.3 is 0 Å². The number of aliphatic hydroxyl groups excluding tert-OH is 1. The molecule has 0 heterocycles. The van der Waals surface area contributed by atoms with Gasteiger partial charge in [0.15, 0.2) is 0 Å². The zero-order valence-corrected chi connectivity index (χ0v) is 11.0. The van der Waals surface area contributed by atoms with Crippen LogP contribution in [-0.4, -0.2) is 23.8 Å². The summed E-state index contributed by atoms with van der Waals surface area (Å²) in [7, 11) is 0. The van der Waals surface area contributed by atoms with Crippen LogP contribution in [0, 0.1) is 5.92 Å². The summed E-state index contributed by atoms with van der Waals surface area (Å²) in [5, 5.41) is 13.2. The van der Waals surface area contributed by atoms with Crippen molar-refractivity contribution >= 4 is 0 Å². The number of rotatable bonds is 7. The monoisotopic (exact) mass is 227 g/mol. The van der Waals surface area contributed by atoms with E-state index in [1.807, 2.05) is 0 Å². The standard InChI is InChI=1S/C14H29NO/c1-3-7-13(8-4-2)15-14-10-6-5-9-12(14)11-16/h12-16H,3-11H2,1-2H3. The molecule has 96 valence electrons. The van der Waals surface area contributed by atoms with Crippen molar-refractivity contribution in [3.63, 3.8) is 0 Å². The Morgan fingerprint density at radius 3 is 2.31 bits per heavy atom. The molecule has 1 fully saturated rings. The second-order valence-electron chi connectivity index (χ2n) is 5.27. The maximum atomic E-state index is 9.39. The molecule has 2 atom stereocenters. The smallest absolute Gasteiger partial charge is 0.0474 e. The summed E-state index contributed by atoms with van der Waals surface area (Å²) in [6.45, 7) is 4.88. The van der Waals surface area contributed by atoms with Gasteiger partial charge in [-0.25, -0.2) is 0 Å². The summed E-state index contributed by atoms with van der Waals surface area (Å²) >= 11 is 0. The zero-order valence-electron chi connectivity index (χ0n) is 11.0. The molecule has 2 N–H and O–H groups in total. The van der Waals surface area contributed by atoms with E-state index in [9.17, 15) is 5.11 Å². The summed E-state index contributed by atoms with van der Waals surface area (Å²) in [5.41, 5.74) is 0. The van der Waals surface area contributed by atoms with E-state index < -0.39 is 0 Å². The van der Waals surface area contributed by atoms with Crippen molar-refractivity contribution in [1.29, 1.82) is 0 Å². The maximum Gasteiger partial charge on any atom is 0.0474 e. The fourth-order valence-electron chi connectivity index (χ4n) is 2.96. The molecule has 0 saturated heterocycles. The van der Waals surface area contributed by atoms with Crippen LogP contribution in [0.4, 0.5) is 0 Å². The third-order valence-electron chi connectivity index (χ3n) is 3.87. The minimum Gasteiger partial charge on any atom is -0.396 e. The van der Waals surface area contributed by atoms with E-state index in [0.717, 1.165) is 0 Å². The van der Waals surface area contributed by atoms with Crippen molar-refractivity contribution in [3.8, 4) is 0 Å². The van der Waals surface area contributed by atoms with Crippen LogP contribution >= 0.6 is 0 Å². The molecule has 0 aromatic rings. The van der Waals surface area contributed by atoms with Gasteiger partial charge in [-0.05, 0) is 31.6 Å². The largest absolute Gasteiger partial charge is 0.396 e. The lowest BCUT2D eigenvalue weighted by Crippen LogP contribution is -2.45. The Labute approximate surface area is 101 Å². The molecular weight excluding hydrogens is 198 g/mol. The minimum atomic E-state index is 0.364. The molecule has 2 nitrogen and oxygen atoms in total. The third-order valence-corrected chi connectivity index (χ3v) is 3.87. The van der Waals surface area contributed by atoms with Crippen LogP contribution in [0.2, 0.25) is 0 Å². The lowest BCUT2D eigenvalue weighted by atomic mass is 9.84. The highest BCUT2D eigenvalue weighted by molar-refractivity contribution is 4.83. The molecule has 1 aliphatic carbocycles. The Kier molecular flexibility index (Phi) is 7.06. The van der Waals surface area contributed by atoms with Gasteiger partial charge in [0.2, 0.25) is 0 Å². The van der Waals surface area contributed by atoms with Crippen molar-refractivity contribution in [1.82, 2.24) is 5.32 Å². The first-order chi connectivity index (χ1) is 7.81. The van der Waals surface area contributed by atoms with Gasteiger partial charge in [-0.15, -0.1) is 0 Å². The molecule has 16 heavy (non-hydrogen) atoms. The van der Waals surface area contributed by atoms with Gasteiger partial charge in [0.1, 0.15) is 0 Å². The van der Waals surface area contributed by atoms with Gasteiger partial charge < -0.3 is 10.4 Å². The van der Waals surface area contributed by atoms with Crippen LogP contribution in [0.3, 0.4) is 0 Å². The normalized spacial score (nSPS) is 26.2. The molecule has 0 amide bonds. The lowest BCUT2D eigenvalue weighted by Gasteiger charge is -2.34. The van der Waals surface area contributed by atoms with E-state index >= 15 is 0 Å². The topological polar surface area (TPSA) is 32.3 Å². The van der Waals surface area contributed by atoms with Gasteiger partial charge in [-0.1, -0.05) is 39.5 Å². The van der Waals surface area contributed by atoms with Gasteiger partial charge in [-0.2, -0.15) is 0 Å². The number of hydrogen-bond donors (Lipinski definition) is 2. The molecule has 0 spiro atoms. The molecule has 0 aliphatic heterocycles. The van der Waals surface area contributed by atoms with E-state index in [-0.39, 0.29) is 0 Å². The minimum absolute atomic E-state index is 0.364. The van der Waals surface area contributed by atoms with Crippen LogP contribution in [0.15, 0.2) is 0 Å². The van der Waals surface area contributed by atoms with Crippen LogP contribution in [0.5, 0.6) is 0 Å². The average Bonchev–Trinajstić information content (AvgIpc) is 2.30. The Morgan fingerprint density at radius 1 is 1.12 bits per heavy atom. The second-order valence-corrected chi connectivity index (χ2v) is 5.27. The Bertz CT molecular complexity index is 166. The van der Waals surface area contributed by atoms with Crippen molar-refractivity contribution < 1.29 is 5.11 Å². The first-order valence-corrected chi connectivity index (χ1v) is 7.18. The Hall–Kier alpha value is -0.0800. The van der Waals surface area contributed by atoms with Crippen molar-refractivity contribution in [2.75, 3.05) is 6.61 Å². The van der Waals surface area contributed by atoms with Gasteiger partial charge in [0, 0.05) is 18.7 Å². The first kappa shape index (κ1) is 14.0. The molecule has 0 radical (unpaired) electrons. The molecule has 0 aromatic heterocycles. The highest BCUT2D eigenvalue weighted by Crippen LogP contribution is 2.25. The summed E-state index contributed by atoms with van der Waals surface area (Å²) in [4.78, 5) is 0. The van der Waals surface area contributed by atoms with Crippen LogP contribution < -0.4 is 5.32 Å². The summed E-state index contributed by atoms with van der Waals surface area (Å²) in [6.07, 6.45) is 10.2. The second kappa shape index (κ2) is 8.08. The van der Waals surface area contributed by atoms with E-state index in [1.165, 1.54) is 51.4 Å². The molecule has 0 aromatic carbocycles. The predicted octanol–water partition coefficient (Wildman–Crippen LogP) is 3.10. The van der Waals surface area contributed by atoms with Gasteiger partial charge in [0.05, 0.1) is 0 Å².